The molecule has 26 heavy (non-hydrogen) atoms. The molecule has 0 saturated heterocycles. The van der Waals surface area contributed by atoms with Gasteiger partial charge in [0, 0.05) is 30.2 Å². The molecule has 136 valence electrons. The van der Waals surface area contributed by atoms with Crippen LogP contribution in [0.1, 0.15) is 56.1 Å². The van der Waals surface area contributed by atoms with Crippen LogP contribution >= 0.6 is 0 Å². The van der Waals surface area contributed by atoms with Crippen molar-refractivity contribution in [2.45, 2.75) is 52.7 Å². The molecule has 0 aliphatic heterocycles. The van der Waals surface area contributed by atoms with E-state index < -0.39 is 0 Å². The highest BCUT2D eigenvalue weighted by Gasteiger charge is 2.22. The summed E-state index contributed by atoms with van der Waals surface area (Å²) < 4.78 is 1.87. The first-order valence-electron chi connectivity index (χ1n) is 9.19. The molecule has 0 aliphatic carbocycles. The lowest BCUT2D eigenvalue weighted by Crippen LogP contribution is -2.37. The zero-order chi connectivity index (χ0) is 18.7. The Morgan fingerprint density at radius 1 is 1.15 bits per heavy atom. The van der Waals surface area contributed by atoms with Gasteiger partial charge in [-0.05, 0) is 38.8 Å². The third-order valence-electron chi connectivity index (χ3n) is 4.75. The molecule has 2 aromatic heterocycles. The van der Waals surface area contributed by atoms with Crippen molar-refractivity contribution in [3.63, 3.8) is 0 Å². The van der Waals surface area contributed by atoms with E-state index in [9.17, 15) is 4.79 Å². The molecule has 3 aromatic rings. The van der Waals surface area contributed by atoms with Crippen molar-refractivity contribution in [2.75, 3.05) is 0 Å². The summed E-state index contributed by atoms with van der Waals surface area (Å²) in [5, 5.41) is 5.29. The highest BCUT2D eigenvalue weighted by molar-refractivity contribution is 5.97. The molecule has 0 radical (unpaired) electrons. The van der Waals surface area contributed by atoms with Crippen LogP contribution in [0.4, 0.5) is 0 Å². The average Bonchev–Trinajstić information content (AvgIpc) is 3.09. The van der Waals surface area contributed by atoms with Crippen LogP contribution in [0.5, 0.6) is 0 Å². The normalized spacial score (nSPS) is 12.5. The van der Waals surface area contributed by atoms with Crippen molar-refractivity contribution in [2.24, 2.45) is 0 Å². The average molecular weight is 350 g/mol. The van der Waals surface area contributed by atoms with E-state index in [4.69, 9.17) is 0 Å². The van der Waals surface area contributed by atoms with Gasteiger partial charge in [-0.2, -0.15) is 5.10 Å². The number of rotatable bonds is 6. The van der Waals surface area contributed by atoms with E-state index in [1.54, 1.807) is 12.4 Å². The molecule has 0 spiro atoms. The van der Waals surface area contributed by atoms with E-state index in [0.717, 1.165) is 23.0 Å². The Balaban J connectivity index is 1.92. The minimum Gasteiger partial charge on any atom is -0.332 e. The Labute approximate surface area is 154 Å². The Morgan fingerprint density at radius 3 is 2.54 bits per heavy atom. The molecule has 0 N–H and O–H groups in total. The van der Waals surface area contributed by atoms with Crippen LogP contribution in [-0.2, 0) is 6.54 Å². The molecular weight excluding hydrogens is 324 g/mol. The zero-order valence-electron chi connectivity index (χ0n) is 15.9. The summed E-state index contributed by atoms with van der Waals surface area (Å²) in [6, 6.07) is 12.4. The SMILES string of the molecule is CC[C@H](C)N(Cc1ccccc1)C(=O)c1cnc2c(cnn2C(C)C)c1. The van der Waals surface area contributed by atoms with Crippen molar-refractivity contribution >= 4 is 16.9 Å². The van der Waals surface area contributed by atoms with Gasteiger partial charge in [-0.3, -0.25) is 4.79 Å². The second-order valence-electron chi connectivity index (χ2n) is 7.00. The number of amides is 1. The Kier molecular flexibility index (Phi) is 5.35. The van der Waals surface area contributed by atoms with Gasteiger partial charge in [0.15, 0.2) is 5.65 Å². The number of pyridine rings is 1. The summed E-state index contributed by atoms with van der Waals surface area (Å²) in [4.78, 5) is 19.6. The predicted molar refractivity (Wildman–Crippen MR) is 104 cm³/mol. The number of aromatic nitrogens is 3. The molecule has 0 aliphatic rings. The van der Waals surface area contributed by atoms with Crippen LogP contribution in [0.2, 0.25) is 0 Å². The van der Waals surface area contributed by atoms with Crippen LogP contribution in [-0.4, -0.2) is 31.6 Å². The molecule has 2 heterocycles. The number of hydrogen-bond acceptors (Lipinski definition) is 3. The van der Waals surface area contributed by atoms with Gasteiger partial charge in [-0.15, -0.1) is 0 Å². The fraction of sp³-hybridized carbons (Fsp3) is 0.381. The van der Waals surface area contributed by atoms with E-state index in [1.165, 1.54) is 0 Å². The summed E-state index contributed by atoms with van der Waals surface area (Å²) in [7, 11) is 0. The molecule has 1 atom stereocenters. The van der Waals surface area contributed by atoms with Gasteiger partial charge >= 0.3 is 0 Å². The number of benzene rings is 1. The quantitative estimate of drug-likeness (QED) is 0.660. The summed E-state index contributed by atoms with van der Waals surface area (Å²) in [5.41, 5.74) is 2.55. The van der Waals surface area contributed by atoms with Gasteiger partial charge < -0.3 is 4.90 Å². The molecule has 0 saturated carbocycles. The smallest absolute Gasteiger partial charge is 0.255 e. The van der Waals surface area contributed by atoms with Crippen molar-refractivity contribution < 1.29 is 4.79 Å². The number of nitrogens with zero attached hydrogens (tertiary/aromatic N) is 4. The van der Waals surface area contributed by atoms with Crippen LogP contribution in [0.15, 0.2) is 48.8 Å². The van der Waals surface area contributed by atoms with Gasteiger partial charge in [0.05, 0.1) is 11.8 Å². The first kappa shape index (κ1) is 18.1. The Hall–Kier alpha value is -2.69. The van der Waals surface area contributed by atoms with Crippen LogP contribution < -0.4 is 0 Å². The van der Waals surface area contributed by atoms with Crippen LogP contribution in [0.25, 0.3) is 11.0 Å². The lowest BCUT2D eigenvalue weighted by Gasteiger charge is -2.29. The van der Waals surface area contributed by atoms with Crippen molar-refractivity contribution in [3.8, 4) is 0 Å². The minimum atomic E-state index is 0.00917. The summed E-state index contributed by atoms with van der Waals surface area (Å²) in [6.07, 6.45) is 4.36. The predicted octanol–water partition coefficient (Wildman–Crippen LogP) is 4.45. The first-order valence-corrected chi connectivity index (χ1v) is 9.19. The summed E-state index contributed by atoms with van der Waals surface area (Å²) in [6.45, 7) is 8.92. The van der Waals surface area contributed by atoms with E-state index >= 15 is 0 Å². The number of hydrogen-bond donors (Lipinski definition) is 0. The second kappa shape index (κ2) is 7.68. The topological polar surface area (TPSA) is 51.0 Å². The summed E-state index contributed by atoms with van der Waals surface area (Å²) in [5.74, 6) is 0.00917. The third kappa shape index (κ3) is 3.62. The fourth-order valence-electron chi connectivity index (χ4n) is 3.03. The summed E-state index contributed by atoms with van der Waals surface area (Å²) >= 11 is 0. The second-order valence-corrected chi connectivity index (χ2v) is 7.00. The van der Waals surface area contributed by atoms with E-state index in [-0.39, 0.29) is 18.0 Å². The lowest BCUT2D eigenvalue weighted by atomic mass is 10.1. The molecule has 1 amide bonds. The molecular formula is C21H26N4O. The highest BCUT2D eigenvalue weighted by atomic mass is 16.2. The number of carbonyl (C=O) groups excluding carboxylic acids is 1. The van der Waals surface area contributed by atoms with Gasteiger partial charge in [0.2, 0.25) is 0 Å². The van der Waals surface area contributed by atoms with Gasteiger partial charge in [-0.1, -0.05) is 37.3 Å². The highest BCUT2D eigenvalue weighted by Crippen LogP contribution is 2.20. The monoisotopic (exact) mass is 350 g/mol. The lowest BCUT2D eigenvalue weighted by molar-refractivity contribution is 0.0671. The van der Waals surface area contributed by atoms with Gasteiger partial charge in [0.25, 0.3) is 5.91 Å². The zero-order valence-corrected chi connectivity index (χ0v) is 15.9. The number of fused-ring (bicyclic) bond motifs is 1. The Bertz CT molecular complexity index is 885. The van der Waals surface area contributed by atoms with E-state index in [2.05, 4.69) is 49.9 Å². The van der Waals surface area contributed by atoms with E-state index in [1.807, 2.05) is 33.8 Å². The first-order chi connectivity index (χ1) is 12.5. The molecule has 5 heteroatoms. The van der Waals surface area contributed by atoms with Crippen molar-refractivity contribution in [3.05, 3.63) is 59.9 Å². The van der Waals surface area contributed by atoms with Crippen LogP contribution in [0.3, 0.4) is 0 Å². The van der Waals surface area contributed by atoms with E-state index in [0.29, 0.717) is 12.1 Å². The maximum atomic E-state index is 13.2. The maximum Gasteiger partial charge on any atom is 0.255 e. The maximum absolute atomic E-state index is 13.2. The van der Waals surface area contributed by atoms with Crippen molar-refractivity contribution in [1.82, 2.24) is 19.7 Å². The largest absolute Gasteiger partial charge is 0.332 e. The molecule has 0 fully saturated rings. The minimum absolute atomic E-state index is 0.00917. The van der Waals surface area contributed by atoms with Gasteiger partial charge in [0.1, 0.15) is 0 Å². The molecule has 0 bridgehead atoms. The standard InChI is InChI=1S/C21H26N4O/c1-5-16(4)24(14-17-9-7-6-8-10-17)21(26)19-11-18-13-23-25(15(2)3)20(18)22-12-19/h6-13,15-16H,5,14H2,1-4H3/t16-/m0/s1. The van der Waals surface area contributed by atoms with Crippen molar-refractivity contribution in [1.29, 1.82) is 0 Å². The third-order valence-corrected chi connectivity index (χ3v) is 4.75. The molecule has 5 nitrogen and oxygen atoms in total. The van der Waals surface area contributed by atoms with Gasteiger partial charge in [-0.25, -0.2) is 9.67 Å². The molecule has 1 aromatic carbocycles. The fourth-order valence-corrected chi connectivity index (χ4v) is 3.03. The number of carbonyl (C=O) groups is 1. The Morgan fingerprint density at radius 2 is 1.88 bits per heavy atom. The molecule has 3 rings (SSSR count). The molecule has 0 unspecified atom stereocenters. The van der Waals surface area contributed by atoms with Crippen LogP contribution in [0, 0.1) is 0 Å².